The number of ether oxygens (including phenoxy) is 1. The van der Waals surface area contributed by atoms with Gasteiger partial charge in [-0.1, -0.05) is 0 Å². The Labute approximate surface area is 140 Å². The number of carbonyl (C=O) groups is 1. The van der Waals surface area contributed by atoms with Crippen molar-refractivity contribution in [1.82, 2.24) is 0 Å². The summed E-state index contributed by atoms with van der Waals surface area (Å²) in [4.78, 5) is 16.3. The molecule has 23 heavy (non-hydrogen) atoms. The summed E-state index contributed by atoms with van der Waals surface area (Å²) in [6.45, 7) is 12.1. The summed E-state index contributed by atoms with van der Waals surface area (Å²) in [5.41, 5.74) is 0.828. The second kappa shape index (κ2) is 7.78. The highest BCUT2D eigenvalue weighted by Gasteiger charge is 2.22. The van der Waals surface area contributed by atoms with Crippen LogP contribution in [-0.2, 0) is 13.6 Å². The molecule has 1 aromatic carbocycles. The van der Waals surface area contributed by atoms with Crippen molar-refractivity contribution in [2.24, 2.45) is 4.99 Å². The Morgan fingerprint density at radius 2 is 1.48 bits per heavy atom. The molecule has 0 N–H and O–H groups in total. The topological polar surface area (TPSA) is 57.1 Å². The first-order valence-corrected chi connectivity index (χ1v) is 14.4. The van der Waals surface area contributed by atoms with E-state index in [9.17, 15) is 4.79 Å². The Morgan fingerprint density at radius 3 is 1.91 bits per heavy atom. The van der Waals surface area contributed by atoms with Crippen molar-refractivity contribution >= 4 is 28.5 Å². The standard InChI is InChI=1S/C16H27NO4Si2/c1-19-14-10-8-13(9-11-14)16(21-23(5,6)7)17-12-15(18)20-22(2,3)4/h8-11H,12H2,1-7H3. The average Bonchev–Trinajstić information content (AvgIpc) is 2.40. The Kier molecular flexibility index (Phi) is 6.58. The van der Waals surface area contributed by atoms with Crippen molar-refractivity contribution in [2.45, 2.75) is 39.3 Å². The summed E-state index contributed by atoms with van der Waals surface area (Å²) in [6.07, 6.45) is 0. The molecule has 0 fully saturated rings. The van der Waals surface area contributed by atoms with Crippen LogP contribution in [0.1, 0.15) is 5.56 Å². The number of aliphatic imine (C=N–C) groups is 1. The lowest BCUT2D eigenvalue weighted by Gasteiger charge is -2.21. The van der Waals surface area contributed by atoms with Crippen LogP contribution in [0.4, 0.5) is 0 Å². The summed E-state index contributed by atoms with van der Waals surface area (Å²) >= 11 is 0. The van der Waals surface area contributed by atoms with Crippen LogP contribution in [0.2, 0.25) is 39.3 Å². The first kappa shape index (κ1) is 19.4. The lowest BCUT2D eigenvalue weighted by molar-refractivity contribution is -0.133. The predicted molar refractivity (Wildman–Crippen MR) is 98.3 cm³/mol. The molecule has 0 spiro atoms. The van der Waals surface area contributed by atoms with Gasteiger partial charge >= 0.3 is 5.97 Å². The third-order valence-electron chi connectivity index (χ3n) is 2.51. The highest BCUT2D eigenvalue weighted by atomic mass is 28.4. The van der Waals surface area contributed by atoms with Crippen LogP contribution >= 0.6 is 0 Å². The van der Waals surface area contributed by atoms with E-state index in [4.69, 9.17) is 13.6 Å². The average molecular weight is 354 g/mol. The Balaban J connectivity index is 2.95. The van der Waals surface area contributed by atoms with Crippen molar-refractivity contribution in [2.75, 3.05) is 13.7 Å². The molecule has 0 saturated heterocycles. The van der Waals surface area contributed by atoms with Gasteiger partial charge in [-0.3, -0.25) is 4.79 Å². The van der Waals surface area contributed by atoms with E-state index < -0.39 is 16.6 Å². The number of carbonyl (C=O) groups excluding carboxylic acids is 1. The molecule has 0 aliphatic rings. The molecule has 0 radical (unpaired) electrons. The van der Waals surface area contributed by atoms with Gasteiger partial charge in [0.05, 0.1) is 7.11 Å². The van der Waals surface area contributed by atoms with Crippen molar-refractivity contribution in [3.8, 4) is 5.75 Å². The second-order valence-electron chi connectivity index (χ2n) is 7.15. The van der Waals surface area contributed by atoms with Gasteiger partial charge in [-0.05, 0) is 63.5 Å². The van der Waals surface area contributed by atoms with Crippen LogP contribution in [0.5, 0.6) is 5.75 Å². The van der Waals surface area contributed by atoms with E-state index in [1.165, 1.54) is 0 Å². The van der Waals surface area contributed by atoms with Crippen LogP contribution in [0.3, 0.4) is 0 Å². The lowest BCUT2D eigenvalue weighted by Crippen LogP contribution is -2.32. The summed E-state index contributed by atoms with van der Waals surface area (Å²) in [5.74, 6) is 0.938. The lowest BCUT2D eigenvalue weighted by atomic mass is 10.2. The zero-order valence-electron chi connectivity index (χ0n) is 15.1. The Morgan fingerprint density at radius 1 is 0.957 bits per heavy atom. The molecule has 0 unspecified atom stereocenters. The first-order valence-electron chi connectivity index (χ1n) is 7.60. The van der Waals surface area contributed by atoms with Gasteiger partial charge in [-0.25, -0.2) is 4.99 Å². The Hall–Kier alpha value is -1.61. The zero-order chi connectivity index (χ0) is 17.7. The molecule has 0 atom stereocenters. The fourth-order valence-electron chi connectivity index (χ4n) is 1.72. The molecule has 0 aliphatic carbocycles. The molecule has 0 saturated carbocycles. The molecule has 0 amide bonds. The van der Waals surface area contributed by atoms with E-state index in [0.29, 0.717) is 5.90 Å². The van der Waals surface area contributed by atoms with E-state index in [-0.39, 0.29) is 12.5 Å². The van der Waals surface area contributed by atoms with Gasteiger partial charge in [0, 0.05) is 5.56 Å². The van der Waals surface area contributed by atoms with Gasteiger partial charge < -0.3 is 13.6 Å². The number of benzene rings is 1. The van der Waals surface area contributed by atoms with Gasteiger partial charge in [0.25, 0.3) is 0 Å². The Bertz CT molecular complexity index is 557. The largest absolute Gasteiger partial charge is 0.531 e. The minimum absolute atomic E-state index is 0.0316. The molecule has 1 rings (SSSR count). The van der Waals surface area contributed by atoms with Crippen LogP contribution in [0.15, 0.2) is 29.3 Å². The summed E-state index contributed by atoms with van der Waals surface area (Å²) in [6, 6.07) is 7.45. The molecule has 128 valence electrons. The minimum atomic E-state index is -1.90. The fourth-order valence-corrected chi connectivity index (χ4v) is 3.23. The molecule has 0 heterocycles. The maximum atomic E-state index is 11.9. The first-order chi connectivity index (χ1) is 10.5. The van der Waals surface area contributed by atoms with Gasteiger partial charge in [0.2, 0.25) is 22.5 Å². The highest BCUT2D eigenvalue weighted by Crippen LogP contribution is 2.15. The summed E-state index contributed by atoms with van der Waals surface area (Å²) in [5, 5.41) is 0. The smallest absolute Gasteiger partial charge is 0.314 e. The van der Waals surface area contributed by atoms with Crippen molar-refractivity contribution in [1.29, 1.82) is 0 Å². The molecule has 0 aliphatic heterocycles. The number of hydrogen-bond acceptors (Lipinski definition) is 5. The summed E-state index contributed by atoms with van der Waals surface area (Å²) in [7, 11) is -2.13. The molecular formula is C16H27NO4Si2. The maximum Gasteiger partial charge on any atom is 0.314 e. The van der Waals surface area contributed by atoms with E-state index in [2.05, 4.69) is 24.6 Å². The van der Waals surface area contributed by atoms with E-state index >= 15 is 0 Å². The minimum Gasteiger partial charge on any atom is -0.531 e. The molecule has 5 nitrogen and oxygen atoms in total. The SMILES string of the molecule is COc1ccc(C(=NCC(=O)O[Si](C)(C)C)O[Si](C)(C)C)cc1. The monoisotopic (exact) mass is 353 g/mol. The summed E-state index contributed by atoms with van der Waals surface area (Å²) < 4.78 is 16.6. The number of methoxy groups -OCH3 is 1. The maximum absolute atomic E-state index is 11.9. The number of rotatable bonds is 6. The third kappa shape index (κ3) is 7.99. The number of nitrogens with zero attached hydrogens (tertiary/aromatic N) is 1. The van der Waals surface area contributed by atoms with Crippen LogP contribution in [0, 0.1) is 0 Å². The molecule has 7 heteroatoms. The van der Waals surface area contributed by atoms with Crippen molar-refractivity contribution < 1.29 is 18.4 Å². The van der Waals surface area contributed by atoms with Crippen molar-refractivity contribution in [3.63, 3.8) is 0 Å². The highest BCUT2D eigenvalue weighted by molar-refractivity contribution is 6.71. The van der Waals surface area contributed by atoms with Crippen LogP contribution in [0.25, 0.3) is 0 Å². The van der Waals surface area contributed by atoms with Crippen LogP contribution in [-0.4, -0.2) is 42.2 Å². The second-order valence-corrected chi connectivity index (χ2v) is 16.0. The quantitative estimate of drug-likeness (QED) is 0.445. The zero-order valence-corrected chi connectivity index (χ0v) is 17.1. The van der Waals surface area contributed by atoms with Crippen LogP contribution < -0.4 is 4.74 Å². The molecule has 0 bridgehead atoms. The van der Waals surface area contributed by atoms with Gasteiger partial charge in [0.15, 0.2) is 0 Å². The number of hydrogen-bond donors (Lipinski definition) is 0. The molecule has 1 aromatic rings. The van der Waals surface area contributed by atoms with Gasteiger partial charge in [-0.15, -0.1) is 0 Å². The molecule has 0 aromatic heterocycles. The fraction of sp³-hybridized carbons (Fsp3) is 0.500. The third-order valence-corrected chi connectivity index (χ3v) is 4.16. The van der Waals surface area contributed by atoms with Gasteiger partial charge in [0.1, 0.15) is 12.3 Å². The van der Waals surface area contributed by atoms with Crippen molar-refractivity contribution in [3.05, 3.63) is 29.8 Å². The van der Waals surface area contributed by atoms with E-state index in [1.54, 1.807) is 7.11 Å². The normalized spacial score (nSPS) is 12.7. The van der Waals surface area contributed by atoms with E-state index in [0.717, 1.165) is 11.3 Å². The van der Waals surface area contributed by atoms with Gasteiger partial charge in [-0.2, -0.15) is 0 Å². The van der Waals surface area contributed by atoms with E-state index in [1.807, 2.05) is 43.9 Å². The predicted octanol–water partition coefficient (Wildman–Crippen LogP) is 3.67. The molecular weight excluding hydrogens is 326 g/mol.